The van der Waals surface area contributed by atoms with Crippen molar-refractivity contribution in [3.63, 3.8) is 0 Å². The summed E-state index contributed by atoms with van der Waals surface area (Å²) in [6, 6.07) is 3.37. The van der Waals surface area contributed by atoms with Gasteiger partial charge in [0, 0.05) is 29.4 Å². The number of esters is 1. The minimum atomic E-state index is -0.571. The first kappa shape index (κ1) is 26.7. The Morgan fingerprint density at radius 3 is 2.68 bits per heavy atom. The van der Waals surface area contributed by atoms with Gasteiger partial charge in [-0.25, -0.2) is 4.98 Å². The summed E-state index contributed by atoms with van der Waals surface area (Å²) < 4.78 is 17.4. The van der Waals surface area contributed by atoms with Crippen LogP contribution >= 0.6 is 22.9 Å². The van der Waals surface area contributed by atoms with Crippen molar-refractivity contribution >= 4 is 34.8 Å². The third-order valence-corrected chi connectivity index (χ3v) is 6.96. The van der Waals surface area contributed by atoms with E-state index in [1.54, 1.807) is 12.1 Å². The molecule has 3 aromatic heterocycles. The summed E-state index contributed by atoms with van der Waals surface area (Å²) in [4.78, 5) is 38.5. The van der Waals surface area contributed by atoms with Crippen molar-refractivity contribution in [2.45, 2.75) is 32.9 Å². The second-order valence-corrected chi connectivity index (χ2v) is 9.70. The Morgan fingerprint density at radius 1 is 1.16 bits per heavy atom. The first-order valence-electron chi connectivity index (χ1n) is 11.6. The molecule has 0 bridgehead atoms. The highest BCUT2D eigenvalue weighted by Crippen LogP contribution is 2.34. The van der Waals surface area contributed by atoms with E-state index in [-0.39, 0.29) is 33.4 Å². The molecule has 4 heterocycles. The standard InChI is InChI=1S/C24H27ClN6O5S/c1-14-8-16(17-10-20(25)28-12-19(17)34-2)18(11-27-14)22(33)29-23-31(30-24(35-3)37-23)13-36-21(32)9-15-4-6-26-7-5-15/h8,10-12,15,26H,4-7,9,13H2,1-3H3. The van der Waals surface area contributed by atoms with E-state index in [4.69, 9.17) is 25.8 Å². The number of nitrogens with one attached hydrogen (secondary N) is 1. The number of carbonyl (C=O) groups is 2. The largest absolute Gasteiger partial charge is 0.494 e. The van der Waals surface area contributed by atoms with E-state index in [0.29, 0.717) is 34.9 Å². The fourth-order valence-electron chi connectivity index (χ4n) is 3.94. The van der Waals surface area contributed by atoms with E-state index in [1.807, 2.05) is 6.92 Å². The van der Waals surface area contributed by atoms with Crippen molar-refractivity contribution < 1.29 is 23.8 Å². The molecular formula is C24H27ClN6O5S. The number of hydrogen-bond donors (Lipinski definition) is 1. The predicted octanol–water partition coefficient (Wildman–Crippen LogP) is 3.01. The normalized spacial score (nSPS) is 14.4. The number of ether oxygens (including phenoxy) is 3. The highest BCUT2D eigenvalue weighted by atomic mass is 35.5. The van der Waals surface area contributed by atoms with Crippen molar-refractivity contribution in [2.75, 3.05) is 27.3 Å². The number of amides is 1. The third kappa shape index (κ3) is 6.70. The van der Waals surface area contributed by atoms with Gasteiger partial charge < -0.3 is 19.5 Å². The quantitative estimate of drug-likeness (QED) is 0.334. The molecule has 0 saturated carbocycles. The number of hydrogen-bond acceptors (Lipinski definition) is 10. The second kappa shape index (κ2) is 12.3. The minimum absolute atomic E-state index is 0.192. The summed E-state index contributed by atoms with van der Waals surface area (Å²) in [5.41, 5.74) is 2.04. The number of piperidine rings is 1. The van der Waals surface area contributed by atoms with E-state index >= 15 is 0 Å². The molecule has 1 N–H and O–H groups in total. The molecule has 0 radical (unpaired) electrons. The maximum absolute atomic E-state index is 13.4. The highest BCUT2D eigenvalue weighted by molar-refractivity contribution is 7.10. The molecule has 0 atom stereocenters. The average Bonchev–Trinajstić information content (AvgIpc) is 3.29. The fourth-order valence-corrected chi connectivity index (χ4v) is 4.81. The van der Waals surface area contributed by atoms with Crippen LogP contribution in [0.15, 0.2) is 29.5 Å². The minimum Gasteiger partial charge on any atom is -0.494 e. The maximum atomic E-state index is 13.4. The summed E-state index contributed by atoms with van der Waals surface area (Å²) in [6.07, 6.45) is 5.14. The molecule has 0 unspecified atom stereocenters. The van der Waals surface area contributed by atoms with Crippen LogP contribution in [0.1, 0.15) is 35.3 Å². The van der Waals surface area contributed by atoms with Crippen molar-refractivity contribution in [1.82, 2.24) is 25.1 Å². The van der Waals surface area contributed by atoms with Gasteiger partial charge in [0.1, 0.15) is 10.9 Å². The van der Waals surface area contributed by atoms with Crippen molar-refractivity contribution in [1.29, 1.82) is 0 Å². The summed E-state index contributed by atoms with van der Waals surface area (Å²) >= 11 is 7.18. The fraction of sp³-hybridized carbons (Fsp3) is 0.417. The van der Waals surface area contributed by atoms with Gasteiger partial charge in [-0.2, -0.15) is 9.67 Å². The van der Waals surface area contributed by atoms with Gasteiger partial charge in [0.25, 0.3) is 11.1 Å². The number of rotatable bonds is 8. The lowest BCUT2D eigenvalue weighted by atomic mass is 9.95. The number of aryl methyl sites for hydroxylation is 1. The molecule has 13 heteroatoms. The van der Waals surface area contributed by atoms with Gasteiger partial charge in [0.05, 0.1) is 26.0 Å². The van der Waals surface area contributed by atoms with Gasteiger partial charge in [-0.3, -0.25) is 14.6 Å². The monoisotopic (exact) mass is 546 g/mol. The third-order valence-electron chi connectivity index (χ3n) is 5.85. The maximum Gasteiger partial charge on any atom is 0.307 e. The van der Waals surface area contributed by atoms with Gasteiger partial charge >= 0.3 is 5.97 Å². The van der Waals surface area contributed by atoms with Crippen LogP contribution in [0.4, 0.5) is 0 Å². The van der Waals surface area contributed by atoms with Crippen LogP contribution in [0.2, 0.25) is 5.15 Å². The van der Waals surface area contributed by atoms with E-state index in [9.17, 15) is 9.59 Å². The molecule has 196 valence electrons. The van der Waals surface area contributed by atoms with Gasteiger partial charge in [0.2, 0.25) is 4.80 Å². The Labute approximate surface area is 222 Å². The molecule has 1 aliphatic rings. The number of carbonyl (C=O) groups excluding carboxylic acids is 2. The molecule has 1 amide bonds. The van der Waals surface area contributed by atoms with Crippen molar-refractivity contribution in [3.05, 3.63) is 45.7 Å². The smallest absolute Gasteiger partial charge is 0.307 e. The zero-order chi connectivity index (χ0) is 26.4. The topological polar surface area (TPSA) is 130 Å². The van der Waals surface area contributed by atoms with Crippen LogP contribution in [0.3, 0.4) is 0 Å². The lowest BCUT2D eigenvalue weighted by Crippen LogP contribution is -2.29. The summed E-state index contributed by atoms with van der Waals surface area (Å²) in [5, 5.41) is 8.04. The number of aromatic nitrogens is 4. The van der Waals surface area contributed by atoms with Crippen LogP contribution in [0.25, 0.3) is 11.1 Å². The first-order valence-corrected chi connectivity index (χ1v) is 12.8. The van der Waals surface area contributed by atoms with Gasteiger partial charge in [-0.05, 0) is 62.2 Å². The molecule has 0 spiro atoms. The zero-order valence-electron chi connectivity index (χ0n) is 20.7. The Morgan fingerprint density at radius 2 is 1.95 bits per heavy atom. The Balaban J connectivity index is 1.62. The number of halogens is 1. The summed E-state index contributed by atoms with van der Waals surface area (Å²) in [6.45, 7) is 3.41. The zero-order valence-corrected chi connectivity index (χ0v) is 22.3. The molecule has 1 aliphatic heterocycles. The molecular weight excluding hydrogens is 520 g/mol. The van der Waals surface area contributed by atoms with Crippen LogP contribution in [-0.2, 0) is 16.3 Å². The van der Waals surface area contributed by atoms with E-state index < -0.39 is 5.91 Å². The number of methoxy groups -OCH3 is 2. The van der Waals surface area contributed by atoms with Crippen molar-refractivity contribution in [2.24, 2.45) is 10.9 Å². The van der Waals surface area contributed by atoms with E-state index in [0.717, 1.165) is 37.3 Å². The molecule has 37 heavy (non-hydrogen) atoms. The molecule has 4 rings (SSSR count). The number of pyridine rings is 2. The molecule has 3 aromatic rings. The van der Waals surface area contributed by atoms with E-state index in [2.05, 4.69) is 25.4 Å². The second-order valence-electron chi connectivity index (χ2n) is 8.39. The lowest BCUT2D eigenvalue weighted by Gasteiger charge is -2.21. The van der Waals surface area contributed by atoms with Gasteiger partial charge in [0.15, 0.2) is 6.73 Å². The Bertz CT molecular complexity index is 1350. The molecule has 0 aromatic carbocycles. The van der Waals surface area contributed by atoms with Crippen LogP contribution in [0, 0.1) is 12.8 Å². The van der Waals surface area contributed by atoms with Gasteiger partial charge in [-0.15, -0.1) is 5.10 Å². The molecule has 11 nitrogen and oxygen atoms in total. The van der Waals surface area contributed by atoms with Crippen LogP contribution < -0.4 is 19.6 Å². The SMILES string of the molecule is COc1nn(COC(=O)CC2CCNCC2)c(=NC(=O)c2cnc(C)cc2-c2cc(Cl)ncc2OC)s1. The Kier molecular flexibility index (Phi) is 8.85. The summed E-state index contributed by atoms with van der Waals surface area (Å²) in [5.74, 6) is -0.159. The molecule has 1 fully saturated rings. The average molecular weight is 547 g/mol. The molecule has 0 aliphatic carbocycles. The number of nitrogens with zero attached hydrogens (tertiary/aromatic N) is 5. The molecule has 1 saturated heterocycles. The van der Waals surface area contributed by atoms with Gasteiger partial charge in [-0.1, -0.05) is 11.6 Å². The lowest BCUT2D eigenvalue weighted by molar-refractivity contribution is -0.149. The highest BCUT2D eigenvalue weighted by Gasteiger charge is 2.20. The Hall–Kier alpha value is -3.35. The van der Waals surface area contributed by atoms with Crippen molar-refractivity contribution in [3.8, 4) is 22.1 Å². The first-order chi connectivity index (χ1) is 17.9. The predicted molar refractivity (Wildman–Crippen MR) is 137 cm³/mol. The summed E-state index contributed by atoms with van der Waals surface area (Å²) in [7, 11) is 2.96. The van der Waals surface area contributed by atoms with Crippen LogP contribution in [-0.4, -0.2) is 58.9 Å². The van der Waals surface area contributed by atoms with Crippen LogP contribution in [0.5, 0.6) is 10.9 Å². The van der Waals surface area contributed by atoms with E-state index in [1.165, 1.54) is 31.3 Å².